The molecule has 1 atom stereocenters. The summed E-state index contributed by atoms with van der Waals surface area (Å²) in [5.41, 5.74) is 2.46. The maximum Gasteiger partial charge on any atom is 0.254 e. The minimum absolute atomic E-state index is 0.0697. The molecule has 1 aliphatic carbocycles. The van der Waals surface area contributed by atoms with E-state index in [0.29, 0.717) is 48.9 Å². The van der Waals surface area contributed by atoms with Crippen LogP contribution in [0.2, 0.25) is 0 Å². The Bertz CT molecular complexity index is 1270. The SMILES string of the molecule is COCC1C=C(Cl)C(N2CCN(C(=O)c3cc(S(C)(=O)=O)ccc3-c3ccc(F)cc3)CC2)=CC1. The summed E-state index contributed by atoms with van der Waals surface area (Å²) in [5.74, 6) is -0.385. The van der Waals surface area contributed by atoms with E-state index in [4.69, 9.17) is 16.3 Å². The number of sulfone groups is 1. The molecule has 35 heavy (non-hydrogen) atoms. The van der Waals surface area contributed by atoms with E-state index >= 15 is 0 Å². The number of hydrogen-bond donors (Lipinski definition) is 0. The zero-order valence-corrected chi connectivity index (χ0v) is 21.3. The Morgan fingerprint density at radius 2 is 1.80 bits per heavy atom. The molecule has 1 aliphatic heterocycles. The third-order valence-corrected chi connectivity index (χ3v) is 7.76. The molecule has 9 heteroatoms. The number of hydrogen-bond acceptors (Lipinski definition) is 5. The molecule has 2 aromatic rings. The van der Waals surface area contributed by atoms with Crippen molar-refractivity contribution in [1.82, 2.24) is 9.80 Å². The first kappa shape index (κ1) is 25.4. The van der Waals surface area contributed by atoms with Gasteiger partial charge in [0.05, 0.1) is 22.2 Å². The number of carbonyl (C=O) groups is 1. The molecule has 0 spiro atoms. The van der Waals surface area contributed by atoms with Gasteiger partial charge in [0.15, 0.2) is 9.84 Å². The summed E-state index contributed by atoms with van der Waals surface area (Å²) in [7, 11) is -1.84. The number of benzene rings is 2. The average molecular weight is 519 g/mol. The third kappa shape index (κ3) is 5.77. The molecule has 1 amide bonds. The molecule has 1 fully saturated rings. The average Bonchev–Trinajstić information content (AvgIpc) is 2.84. The van der Waals surface area contributed by atoms with Crippen LogP contribution >= 0.6 is 11.6 Å². The van der Waals surface area contributed by atoms with Gasteiger partial charge in [-0.1, -0.05) is 42.0 Å². The highest BCUT2D eigenvalue weighted by molar-refractivity contribution is 7.90. The van der Waals surface area contributed by atoms with Crippen LogP contribution in [0.5, 0.6) is 0 Å². The molecular weight excluding hydrogens is 491 g/mol. The Balaban J connectivity index is 1.55. The molecular formula is C26H28ClFN2O4S. The molecule has 0 bridgehead atoms. The summed E-state index contributed by atoms with van der Waals surface area (Å²) in [6, 6.07) is 10.3. The van der Waals surface area contributed by atoms with Gasteiger partial charge < -0.3 is 14.5 Å². The van der Waals surface area contributed by atoms with Gasteiger partial charge in [-0.05, 0) is 41.8 Å². The van der Waals surface area contributed by atoms with Gasteiger partial charge >= 0.3 is 0 Å². The van der Waals surface area contributed by atoms with Crippen molar-refractivity contribution in [3.8, 4) is 11.1 Å². The minimum atomic E-state index is -3.51. The second-order valence-electron chi connectivity index (χ2n) is 8.82. The van der Waals surface area contributed by atoms with Crippen molar-refractivity contribution in [2.75, 3.05) is 46.2 Å². The highest BCUT2D eigenvalue weighted by atomic mass is 35.5. The van der Waals surface area contributed by atoms with E-state index in [9.17, 15) is 17.6 Å². The van der Waals surface area contributed by atoms with Crippen molar-refractivity contribution in [2.45, 2.75) is 11.3 Å². The van der Waals surface area contributed by atoms with Crippen molar-refractivity contribution in [2.24, 2.45) is 5.92 Å². The fourth-order valence-corrected chi connectivity index (χ4v) is 5.49. The summed E-state index contributed by atoms with van der Waals surface area (Å²) in [5, 5.41) is 0.692. The standard InChI is InChI=1S/C26H28ClFN2O4S/c1-34-17-18-3-10-25(24(27)15-18)29-11-13-30(14-12-29)26(31)23-16-21(35(2,32)33)8-9-22(23)19-4-6-20(28)7-5-19/h4-10,15-16,18H,3,11-14,17H2,1-2H3. The highest BCUT2D eigenvalue weighted by Gasteiger charge is 2.28. The number of methoxy groups -OCH3 is 1. The molecule has 2 aliphatic rings. The van der Waals surface area contributed by atoms with Crippen LogP contribution in [0.25, 0.3) is 11.1 Å². The van der Waals surface area contributed by atoms with E-state index in [-0.39, 0.29) is 28.1 Å². The van der Waals surface area contributed by atoms with E-state index in [1.165, 1.54) is 24.3 Å². The molecule has 1 heterocycles. The molecule has 6 nitrogen and oxygen atoms in total. The molecule has 4 rings (SSSR count). The zero-order chi connectivity index (χ0) is 25.2. The maximum absolute atomic E-state index is 13.6. The van der Waals surface area contributed by atoms with Crippen LogP contribution in [0.4, 0.5) is 4.39 Å². The van der Waals surface area contributed by atoms with E-state index in [1.54, 1.807) is 30.2 Å². The monoisotopic (exact) mass is 518 g/mol. The van der Waals surface area contributed by atoms with Crippen molar-refractivity contribution in [3.63, 3.8) is 0 Å². The molecule has 0 N–H and O–H groups in total. The first-order valence-corrected chi connectivity index (χ1v) is 13.7. The molecule has 0 radical (unpaired) electrons. The normalized spacial score (nSPS) is 18.8. The van der Waals surface area contributed by atoms with Gasteiger partial charge in [0.1, 0.15) is 5.82 Å². The van der Waals surface area contributed by atoms with E-state index in [2.05, 4.69) is 11.0 Å². The molecule has 1 unspecified atom stereocenters. The number of piperazine rings is 1. The van der Waals surface area contributed by atoms with Gasteiger partial charge in [-0.15, -0.1) is 0 Å². The second kappa shape index (κ2) is 10.5. The molecule has 186 valence electrons. The quantitative estimate of drug-likeness (QED) is 0.569. The summed E-state index contributed by atoms with van der Waals surface area (Å²) >= 11 is 6.53. The molecule has 0 saturated carbocycles. The largest absolute Gasteiger partial charge is 0.384 e. The topological polar surface area (TPSA) is 66.9 Å². The van der Waals surface area contributed by atoms with E-state index in [0.717, 1.165) is 18.4 Å². The van der Waals surface area contributed by atoms with Gasteiger partial charge in [0.2, 0.25) is 0 Å². The Morgan fingerprint density at radius 1 is 1.11 bits per heavy atom. The molecule has 0 aromatic heterocycles. The van der Waals surface area contributed by atoms with E-state index in [1.807, 2.05) is 6.08 Å². The summed E-state index contributed by atoms with van der Waals surface area (Å²) < 4.78 is 43.0. The zero-order valence-electron chi connectivity index (χ0n) is 19.7. The first-order chi connectivity index (χ1) is 16.7. The van der Waals surface area contributed by atoms with Crippen LogP contribution in [-0.2, 0) is 14.6 Å². The lowest BCUT2D eigenvalue weighted by Gasteiger charge is -2.38. The number of allylic oxidation sites excluding steroid dienone is 2. The number of nitrogens with zero attached hydrogens (tertiary/aromatic N) is 2. The summed E-state index contributed by atoms with van der Waals surface area (Å²) in [4.78, 5) is 17.5. The van der Waals surface area contributed by atoms with E-state index < -0.39 is 9.84 Å². The van der Waals surface area contributed by atoms with Crippen molar-refractivity contribution in [1.29, 1.82) is 0 Å². The lowest BCUT2D eigenvalue weighted by molar-refractivity contribution is 0.0671. The van der Waals surface area contributed by atoms with Crippen molar-refractivity contribution in [3.05, 3.63) is 76.7 Å². The van der Waals surface area contributed by atoms with Crippen LogP contribution < -0.4 is 0 Å². The predicted molar refractivity (Wildman–Crippen MR) is 134 cm³/mol. The van der Waals surface area contributed by atoms with Gasteiger partial charge in [-0.25, -0.2) is 12.8 Å². The minimum Gasteiger partial charge on any atom is -0.384 e. The number of ether oxygens (including phenoxy) is 1. The third-order valence-electron chi connectivity index (χ3n) is 6.33. The van der Waals surface area contributed by atoms with Crippen LogP contribution in [0, 0.1) is 11.7 Å². The Kier molecular flexibility index (Phi) is 7.64. The predicted octanol–water partition coefficient (Wildman–Crippen LogP) is 4.33. The Labute approximate surface area is 210 Å². The first-order valence-electron chi connectivity index (χ1n) is 11.4. The number of halogens is 2. The van der Waals surface area contributed by atoms with Gasteiger partial charge in [0, 0.05) is 51.0 Å². The Hall–Kier alpha value is -2.68. The lowest BCUT2D eigenvalue weighted by atomic mass is 9.98. The van der Waals surface area contributed by atoms with Crippen LogP contribution in [0.15, 0.2) is 70.2 Å². The van der Waals surface area contributed by atoms with Crippen LogP contribution in [0.3, 0.4) is 0 Å². The summed E-state index contributed by atoms with van der Waals surface area (Å²) in [6.45, 7) is 2.76. The molecule has 1 saturated heterocycles. The number of carbonyl (C=O) groups excluding carboxylic acids is 1. The van der Waals surface area contributed by atoms with Crippen molar-refractivity contribution < 1.29 is 22.3 Å². The van der Waals surface area contributed by atoms with Gasteiger partial charge in [-0.2, -0.15) is 0 Å². The lowest BCUT2D eigenvalue weighted by Crippen LogP contribution is -2.48. The number of amides is 1. The molecule has 2 aromatic carbocycles. The number of rotatable bonds is 6. The van der Waals surface area contributed by atoms with Crippen LogP contribution in [-0.4, -0.2) is 70.3 Å². The Morgan fingerprint density at radius 3 is 2.40 bits per heavy atom. The fraction of sp³-hybridized carbons (Fsp3) is 0.346. The summed E-state index contributed by atoms with van der Waals surface area (Å²) in [6.07, 6.45) is 6.09. The van der Waals surface area contributed by atoms with Crippen LogP contribution in [0.1, 0.15) is 16.8 Å². The smallest absolute Gasteiger partial charge is 0.254 e. The maximum atomic E-state index is 13.6. The fourth-order valence-electron chi connectivity index (χ4n) is 4.46. The van der Waals surface area contributed by atoms with Gasteiger partial charge in [0.25, 0.3) is 5.91 Å². The second-order valence-corrected chi connectivity index (χ2v) is 11.2. The van der Waals surface area contributed by atoms with Crippen molar-refractivity contribution >= 4 is 27.3 Å². The highest BCUT2D eigenvalue weighted by Crippen LogP contribution is 2.31. The van der Waals surface area contributed by atoms with Gasteiger partial charge in [-0.3, -0.25) is 4.79 Å².